The van der Waals surface area contributed by atoms with Crippen LogP contribution in [0.5, 0.6) is 0 Å². The van der Waals surface area contributed by atoms with Crippen LogP contribution < -0.4 is 11.1 Å². The fourth-order valence-corrected chi connectivity index (χ4v) is 3.98. The summed E-state index contributed by atoms with van der Waals surface area (Å²) in [5, 5.41) is 3.44. The summed E-state index contributed by atoms with van der Waals surface area (Å²) >= 11 is 0. The molecule has 1 aliphatic carbocycles. The summed E-state index contributed by atoms with van der Waals surface area (Å²) in [5.41, 5.74) is 5.22. The molecule has 1 amide bonds. The quantitative estimate of drug-likeness (QED) is 0.761. The molecule has 5 nitrogen and oxygen atoms in total. The molecule has 1 aliphatic heterocycles. The number of piperazine rings is 1. The van der Waals surface area contributed by atoms with Crippen molar-refractivity contribution in [2.24, 2.45) is 5.73 Å². The van der Waals surface area contributed by atoms with E-state index in [4.69, 9.17) is 5.73 Å². The van der Waals surface area contributed by atoms with E-state index >= 15 is 0 Å². The van der Waals surface area contributed by atoms with Gasteiger partial charge in [-0.05, 0) is 46.1 Å². The van der Waals surface area contributed by atoms with Crippen LogP contribution in [0.15, 0.2) is 0 Å². The average molecular weight is 296 g/mol. The lowest BCUT2D eigenvalue weighted by Gasteiger charge is -2.39. The minimum absolute atomic E-state index is 0.177. The molecule has 0 bridgehead atoms. The van der Waals surface area contributed by atoms with Gasteiger partial charge in [0.15, 0.2) is 0 Å². The second-order valence-electron chi connectivity index (χ2n) is 7.02. The number of nitrogens with two attached hydrogens (primary N) is 1. The monoisotopic (exact) mass is 296 g/mol. The van der Waals surface area contributed by atoms with Gasteiger partial charge in [0, 0.05) is 38.3 Å². The Kier molecular flexibility index (Phi) is 5.63. The number of nitrogens with one attached hydrogen (secondary N) is 1. The molecule has 0 radical (unpaired) electrons. The molecule has 1 heterocycles. The molecule has 1 saturated carbocycles. The number of hydrogen-bond donors (Lipinski definition) is 2. The van der Waals surface area contributed by atoms with E-state index in [1.807, 2.05) is 0 Å². The molecule has 5 heteroatoms. The highest BCUT2D eigenvalue weighted by molar-refractivity contribution is 5.85. The first-order valence-corrected chi connectivity index (χ1v) is 8.51. The van der Waals surface area contributed by atoms with E-state index in [2.05, 4.69) is 35.9 Å². The zero-order chi connectivity index (χ0) is 15.5. The molecule has 0 aromatic carbocycles. The van der Waals surface area contributed by atoms with Gasteiger partial charge in [-0.1, -0.05) is 6.92 Å². The molecule has 21 heavy (non-hydrogen) atoms. The number of nitrogens with zero attached hydrogens (tertiary/aromatic N) is 2. The van der Waals surface area contributed by atoms with E-state index < -0.39 is 5.54 Å². The molecule has 0 aromatic heterocycles. The molecule has 0 spiro atoms. The molecular weight excluding hydrogens is 264 g/mol. The largest absolute Gasteiger partial charge is 0.368 e. The van der Waals surface area contributed by atoms with E-state index in [-0.39, 0.29) is 11.9 Å². The molecule has 122 valence electrons. The van der Waals surface area contributed by atoms with Gasteiger partial charge in [-0.25, -0.2) is 0 Å². The highest BCUT2D eigenvalue weighted by Gasteiger charge is 2.46. The van der Waals surface area contributed by atoms with Gasteiger partial charge < -0.3 is 16.0 Å². The van der Waals surface area contributed by atoms with Crippen molar-refractivity contribution in [2.45, 2.75) is 64.1 Å². The van der Waals surface area contributed by atoms with Crippen LogP contribution in [0.4, 0.5) is 0 Å². The van der Waals surface area contributed by atoms with Gasteiger partial charge in [-0.3, -0.25) is 9.69 Å². The maximum atomic E-state index is 12.0. The standard InChI is InChI=1S/C16H32N4O/c1-4-7-19-8-10-20(11-9-19)14-5-6-16(12-14,15(17)21)18-13(2)3/h13-14,18H,4-12H2,1-3H3,(H2,17,21). The van der Waals surface area contributed by atoms with Crippen molar-refractivity contribution in [1.82, 2.24) is 15.1 Å². The van der Waals surface area contributed by atoms with E-state index in [1.54, 1.807) is 0 Å². The van der Waals surface area contributed by atoms with E-state index in [0.29, 0.717) is 6.04 Å². The first-order chi connectivity index (χ1) is 9.97. The molecule has 2 aliphatic rings. The lowest BCUT2D eigenvalue weighted by atomic mass is 9.95. The second kappa shape index (κ2) is 7.07. The van der Waals surface area contributed by atoms with Crippen molar-refractivity contribution >= 4 is 5.91 Å². The van der Waals surface area contributed by atoms with Gasteiger partial charge in [-0.15, -0.1) is 0 Å². The lowest BCUT2D eigenvalue weighted by Crippen LogP contribution is -2.57. The van der Waals surface area contributed by atoms with E-state index in [9.17, 15) is 4.79 Å². The van der Waals surface area contributed by atoms with Crippen molar-refractivity contribution in [3.05, 3.63) is 0 Å². The fraction of sp³-hybridized carbons (Fsp3) is 0.938. The summed E-state index contributed by atoms with van der Waals surface area (Å²) in [6.45, 7) is 12.2. The summed E-state index contributed by atoms with van der Waals surface area (Å²) in [6, 6.07) is 0.796. The minimum atomic E-state index is -0.487. The highest BCUT2D eigenvalue weighted by atomic mass is 16.1. The fourth-order valence-electron chi connectivity index (χ4n) is 3.98. The normalized spacial score (nSPS) is 31.9. The predicted octanol–water partition coefficient (Wildman–Crippen LogP) is 0.789. The highest BCUT2D eigenvalue weighted by Crippen LogP contribution is 2.34. The lowest BCUT2D eigenvalue weighted by molar-refractivity contribution is -0.124. The Balaban J connectivity index is 1.91. The third-order valence-electron chi connectivity index (χ3n) is 4.99. The Morgan fingerprint density at radius 3 is 2.52 bits per heavy atom. The molecule has 3 N–H and O–H groups in total. The second-order valence-corrected chi connectivity index (χ2v) is 7.02. The predicted molar refractivity (Wildman–Crippen MR) is 86.1 cm³/mol. The smallest absolute Gasteiger partial charge is 0.237 e. The number of amides is 1. The average Bonchev–Trinajstić information content (AvgIpc) is 2.85. The Morgan fingerprint density at radius 2 is 2.00 bits per heavy atom. The zero-order valence-corrected chi connectivity index (χ0v) is 13.9. The maximum Gasteiger partial charge on any atom is 0.237 e. The van der Waals surface area contributed by atoms with Crippen LogP contribution >= 0.6 is 0 Å². The Bertz CT molecular complexity index is 352. The Labute approximate surface area is 129 Å². The maximum absolute atomic E-state index is 12.0. The van der Waals surface area contributed by atoms with Gasteiger partial charge in [0.2, 0.25) is 5.91 Å². The molecular formula is C16H32N4O. The summed E-state index contributed by atoms with van der Waals surface area (Å²) in [4.78, 5) is 17.1. The van der Waals surface area contributed by atoms with Crippen molar-refractivity contribution < 1.29 is 4.79 Å². The molecule has 2 atom stereocenters. The van der Waals surface area contributed by atoms with E-state index in [0.717, 1.165) is 45.4 Å². The van der Waals surface area contributed by atoms with Crippen molar-refractivity contribution in [1.29, 1.82) is 0 Å². The van der Waals surface area contributed by atoms with Gasteiger partial charge in [0.25, 0.3) is 0 Å². The van der Waals surface area contributed by atoms with Crippen LogP contribution in [0.3, 0.4) is 0 Å². The van der Waals surface area contributed by atoms with Gasteiger partial charge in [-0.2, -0.15) is 0 Å². The van der Waals surface area contributed by atoms with E-state index in [1.165, 1.54) is 13.0 Å². The van der Waals surface area contributed by atoms with Crippen LogP contribution in [0.2, 0.25) is 0 Å². The van der Waals surface area contributed by atoms with Crippen LogP contribution in [0, 0.1) is 0 Å². The summed E-state index contributed by atoms with van der Waals surface area (Å²) in [5.74, 6) is -0.177. The molecule has 2 rings (SSSR count). The summed E-state index contributed by atoms with van der Waals surface area (Å²) in [7, 11) is 0. The number of carbonyl (C=O) groups is 1. The first kappa shape index (κ1) is 16.7. The molecule has 1 saturated heterocycles. The van der Waals surface area contributed by atoms with Crippen molar-refractivity contribution in [3.63, 3.8) is 0 Å². The topological polar surface area (TPSA) is 61.6 Å². The van der Waals surface area contributed by atoms with Gasteiger partial charge in [0.1, 0.15) is 0 Å². The number of primary amides is 1. The van der Waals surface area contributed by atoms with Crippen LogP contribution in [0.1, 0.15) is 46.5 Å². The third-order valence-corrected chi connectivity index (χ3v) is 4.99. The number of hydrogen-bond acceptors (Lipinski definition) is 4. The molecule has 2 fully saturated rings. The third kappa shape index (κ3) is 3.96. The molecule has 2 unspecified atom stereocenters. The van der Waals surface area contributed by atoms with Crippen LogP contribution in [-0.2, 0) is 4.79 Å². The van der Waals surface area contributed by atoms with Crippen LogP contribution in [-0.4, -0.2) is 66.1 Å². The van der Waals surface area contributed by atoms with Gasteiger partial charge >= 0.3 is 0 Å². The van der Waals surface area contributed by atoms with Gasteiger partial charge in [0.05, 0.1) is 5.54 Å². The van der Waals surface area contributed by atoms with Crippen molar-refractivity contribution in [2.75, 3.05) is 32.7 Å². The van der Waals surface area contributed by atoms with Crippen LogP contribution in [0.25, 0.3) is 0 Å². The zero-order valence-electron chi connectivity index (χ0n) is 13.9. The number of rotatable bonds is 6. The Hall–Kier alpha value is -0.650. The SMILES string of the molecule is CCCN1CCN(C2CCC(NC(C)C)(C(N)=O)C2)CC1. The minimum Gasteiger partial charge on any atom is -0.368 e. The molecule has 0 aromatic rings. The number of carbonyl (C=O) groups excluding carboxylic acids is 1. The van der Waals surface area contributed by atoms with Crippen molar-refractivity contribution in [3.8, 4) is 0 Å². The summed E-state index contributed by atoms with van der Waals surface area (Å²) in [6.07, 6.45) is 4.05. The summed E-state index contributed by atoms with van der Waals surface area (Å²) < 4.78 is 0. The Morgan fingerprint density at radius 1 is 1.33 bits per heavy atom. The first-order valence-electron chi connectivity index (χ1n) is 8.51.